The lowest BCUT2D eigenvalue weighted by Gasteiger charge is -2.33. The van der Waals surface area contributed by atoms with Crippen molar-refractivity contribution in [3.63, 3.8) is 0 Å². The summed E-state index contributed by atoms with van der Waals surface area (Å²) in [7, 11) is -3.81. The Bertz CT molecular complexity index is 1260. The van der Waals surface area contributed by atoms with E-state index in [1.807, 2.05) is 31.2 Å². The van der Waals surface area contributed by atoms with Gasteiger partial charge < -0.3 is 15.5 Å². The van der Waals surface area contributed by atoms with Gasteiger partial charge in [-0.3, -0.25) is 4.79 Å². The molecular weight excluding hydrogens is 452 g/mol. The number of piperidine rings is 1. The van der Waals surface area contributed by atoms with Gasteiger partial charge in [0.25, 0.3) is 0 Å². The number of amides is 1. The number of hydrogen-bond acceptors (Lipinski definition) is 7. The third-order valence-electron chi connectivity index (χ3n) is 5.76. The highest BCUT2D eigenvalue weighted by molar-refractivity contribution is 7.89. The Balaban J connectivity index is 1.40. The van der Waals surface area contributed by atoms with Gasteiger partial charge in [0.2, 0.25) is 21.9 Å². The van der Waals surface area contributed by atoms with Crippen LogP contribution in [0.15, 0.2) is 65.7 Å². The second kappa shape index (κ2) is 10.2. The quantitative estimate of drug-likeness (QED) is 0.474. The molecule has 4 rings (SSSR count). The van der Waals surface area contributed by atoms with Gasteiger partial charge in [0.05, 0.1) is 10.8 Å². The van der Waals surface area contributed by atoms with E-state index in [0.717, 1.165) is 24.9 Å². The summed E-state index contributed by atoms with van der Waals surface area (Å²) in [6.07, 6.45) is 3.34. The second-order valence-corrected chi connectivity index (χ2v) is 9.99. The Morgan fingerprint density at radius 1 is 1.18 bits per heavy atom. The molecule has 34 heavy (non-hydrogen) atoms. The zero-order valence-electron chi connectivity index (χ0n) is 18.9. The predicted octanol–water partition coefficient (Wildman–Crippen LogP) is 2.71. The monoisotopic (exact) mass is 480 g/mol. The van der Waals surface area contributed by atoms with Crippen LogP contribution in [0.4, 0.5) is 17.5 Å². The van der Waals surface area contributed by atoms with Gasteiger partial charge >= 0.3 is 0 Å². The number of carbonyl (C=O) groups excluding carboxylic acids is 1. The Kier molecular flexibility index (Phi) is 7.09. The van der Waals surface area contributed by atoms with Crippen LogP contribution in [-0.4, -0.2) is 37.4 Å². The fourth-order valence-corrected chi connectivity index (χ4v) is 4.46. The van der Waals surface area contributed by atoms with Crippen LogP contribution in [-0.2, 0) is 21.4 Å². The second-order valence-electron chi connectivity index (χ2n) is 8.42. The molecule has 0 spiro atoms. The van der Waals surface area contributed by atoms with Gasteiger partial charge in [-0.1, -0.05) is 35.9 Å². The smallest absolute Gasteiger partial charge is 0.238 e. The van der Waals surface area contributed by atoms with Crippen LogP contribution in [0.5, 0.6) is 0 Å². The van der Waals surface area contributed by atoms with E-state index in [-0.39, 0.29) is 16.7 Å². The number of carbonyl (C=O) groups is 1. The number of aryl methyl sites for hydroxylation is 1. The molecule has 2 heterocycles. The Morgan fingerprint density at radius 3 is 2.74 bits per heavy atom. The highest BCUT2D eigenvalue weighted by atomic mass is 32.2. The lowest BCUT2D eigenvalue weighted by molar-refractivity contribution is -0.125. The fraction of sp³-hybridized carbons (Fsp3) is 0.292. The van der Waals surface area contributed by atoms with Gasteiger partial charge in [-0.2, -0.15) is 4.98 Å². The molecule has 1 saturated heterocycles. The molecule has 1 aliphatic heterocycles. The number of primary sulfonamides is 1. The molecule has 0 bridgehead atoms. The van der Waals surface area contributed by atoms with Crippen molar-refractivity contribution in [2.75, 3.05) is 23.3 Å². The van der Waals surface area contributed by atoms with Gasteiger partial charge in [0, 0.05) is 31.5 Å². The van der Waals surface area contributed by atoms with Gasteiger partial charge in [-0.15, -0.1) is 0 Å². The van der Waals surface area contributed by atoms with Crippen molar-refractivity contribution in [1.82, 2.24) is 15.3 Å². The molecule has 1 fully saturated rings. The molecule has 1 aromatic heterocycles. The van der Waals surface area contributed by atoms with E-state index in [9.17, 15) is 13.2 Å². The molecule has 9 nitrogen and oxygen atoms in total. The fourth-order valence-electron chi connectivity index (χ4n) is 3.90. The summed E-state index contributed by atoms with van der Waals surface area (Å²) >= 11 is 0. The average molecular weight is 481 g/mol. The number of nitrogens with two attached hydrogens (primary N) is 1. The van der Waals surface area contributed by atoms with E-state index in [2.05, 4.69) is 25.5 Å². The molecule has 1 amide bonds. The third kappa shape index (κ3) is 6.09. The Morgan fingerprint density at radius 2 is 1.97 bits per heavy atom. The predicted molar refractivity (Wildman–Crippen MR) is 131 cm³/mol. The van der Waals surface area contributed by atoms with Crippen molar-refractivity contribution < 1.29 is 13.2 Å². The molecular formula is C24H28N6O3S. The molecule has 0 aliphatic carbocycles. The maximum absolute atomic E-state index is 12.8. The minimum absolute atomic E-state index is 0.00387. The van der Waals surface area contributed by atoms with Gasteiger partial charge in [-0.25, -0.2) is 18.5 Å². The molecule has 178 valence electrons. The molecule has 0 saturated carbocycles. The van der Waals surface area contributed by atoms with E-state index in [4.69, 9.17) is 5.14 Å². The normalized spacial score (nSPS) is 16.2. The number of hydrogen-bond donors (Lipinski definition) is 3. The van der Waals surface area contributed by atoms with Crippen LogP contribution in [0, 0.1) is 12.8 Å². The highest BCUT2D eigenvalue weighted by Gasteiger charge is 2.26. The molecule has 4 N–H and O–H groups in total. The number of aromatic nitrogens is 2. The van der Waals surface area contributed by atoms with Crippen molar-refractivity contribution in [3.8, 4) is 0 Å². The molecule has 10 heteroatoms. The summed E-state index contributed by atoms with van der Waals surface area (Å²) in [5.74, 6) is 0.945. The first kappa shape index (κ1) is 23.7. The van der Waals surface area contributed by atoms with Crippen LogP contribution in [0.25, 0.3) is 0 Å². The minimum atomic E-state index is -3.81. The van der Waals surface area contributed by atoms with Gasteiger partial charge in [-0.05, 0) is 49.6 Å². The van der Waals surface area contributed by atoms with Crippen LogP contribution in [0.1, 0.15) is 24.0 Å². The molecule has 2 aromatic carbocycles. The summed E-state index contributed by atoms with van der Waals surface area (Å²) in [4.78, 5) is 23.7. The van der Waals surface area contributed by atoms with Gasteiger partial charge in [0.1, 0.15) is 5.82 Å². The molecule has 1 aliphatic rings. The Hall–Kier alpha value is -3.50. The van der Waals surface area contributed by atoms with E-state index < -0.39 is 10.0 Å². The van der Waals surface area contributed by atoms with E-state index in [0.29, 0.717) is 30.5 Å². The molecule has 1 unspecified atom stereocenters. The van der Waals surface area contributed by atoms with Crippen molar-refractivity contribution in [2.45, 2.75) is 31.2 Å². The summed E-state index contributed by atoms with van der Waals surface area (Å²) in [6, 6.07) is 16.1. The summed E-state index contributed by atoms with van der Waals surface area (Å²) in [6.45, 7) is 3.90. The summed E-state index contributed by atoms with van der Waals surface area (Å²) in [5, 5.41) is 11.3. The van der Waals surface area contributed by atoms with Crippen molar-refractivity contribution in [3.05, 3.63) is 71.9 Å². The lowest BCUT2D eigenvalue weighted by Crippen LogP contribution is -2.43. The largest absolute Gasteiger partial charge is 0.356 e. The minimum Gasteiger partial charge on any atom is -0.356 e. The number of sulfonamides is 1. The zero-order valence-corrected chi connectivity index (χ0v) is 19.8. The van der Waals surface area contributed by atoms with Crippen LogP contribution in [0.3, 0.4) is 0 Å². The number of anilines is 3. The standard InChI is InChI=1S/C24H28N6O3S/c1-17-7-9-18(10-8-17)15-27-23(31)19-4-3-13-30(16-19)22-11-12-26-24(29-22)28-20-5-2-6-21(14-20)34(25,32)33/h2,5-12,14,19H,3-4,13,15-16H2,1H3,(H,27,31)(H2,25,32,33)(H,26,28,29). The Labute approximate surface area is 199 Å². The highest BCUT2D eigenvalue weighted by Crippen LogP contribution is 2.24. The van der Waals surface area contributed by atoms with Crippen LogP contribution in [0.2, 0.25) is 0 Å². The number of nitrogens with one attached hydrogen (secondary N) is 2. The first-order valence-electron chi connectivity index (χ1n) is 11.1. The topological polar surface area (TPSA) is 130 Å². The van der Waals surface area contributed by atoms with E-state index in [1.165, 1.54) is 17.7 Å². The van der Waals surface area contributed by atoms with E-state index in [1.54, 1.807) is 24.4 Å². The third-order valence-corrected chi connectivity index (χ3v) is 6.67. The molecule has 1 atom stereocenters. The molecule has 0 radical (unpaired) electrons. The number of rotatable bonds is 7. The van der Waals surface area contributed by atoms with Crippen LogP contribution >= 0.6 is 0 Å². The van der Waals surface area contributed by atoms with Crippen molar-refractivity contribution >= 4 is 33.4 Å². The molecule has 3 aromatic rings. The SMILES string of the molecule is Cc1ccc(CNC(=O)C2CCCN(c3ccnc(Nc4cccc(S(N)(=O)=O)c4)n3)C2)cc1. The summed E-state index contributed by atoms with van der Waals surface area (Å²) in [5.41, 5.74) is 2.77. The van der Waals surface area contributed by atoms with Crippen LogP contribution < -0.4 is 20.7 Å². The zero-order chi connectivity index (χ0) is 24.1. The van der Waals surface area contributed by atoms with E-state index >= 15 is 0 Å². The first-order chi connectivity index (χ1) is 16.3. The lowest BCUT2D eigenvalue weighted by atomic mass is 9.97. The average Bonchev–Trinajstić information content (AvgIpc) is 2.83. The van der Waals surface area contributed by atoms with Crippen molar-refractivity contribution in [1.29, 1.82) is 0 Å². The first-order valence-corrected chi connectivity index (χ1v) is 12.6. The summed E-state index contributed by atoms with van der Waals surface area (Å²) < 4.78 is 23.2. The van der Waals surface area contributed by atoms with Crippen molar-refractivity contribution in [2.24, 2.45) is 11.1 Å². The maximum atomic E-state index is 12.8. The number of nitrogens with zero attached hydrogens (tertiary/aromatic N) is 3. The van der Waals surface area contributed by atoms with Gasteiger partial charge in [0.15, 0.2) is 0 Å². The number of benzene rings is 2. The maximum Gasteiger partial charge on any atom is 0.238 e.